The third-order valence-electron chi connectivity index (χ3n) is 4.38. The Morgan fingerprint density at radius 1 is 1.04 bits per heavy atom. The zero-order chi connectivity index (χ0) is 20.3. The molecule has 2 aromatic carbocycles. The van der Waals surface area contributed by atoms with E-state index in [0.29, 0.717) is 34.8 Å². The zero-order valence-corrected chi connectivity index (χ0v) is 16.2. The molecule has 146 valence electrons. The summed E-state index contributed by atoms with van der Waals surface area (Å²) in [6, 6.07) is 10.5. The van der Waals surface area contributed by atoms with Gasteiger partial charge in [-0.15, -0.1) is 0 Å². The van der Waals surface area contributed by atoms with Crippen LogP contribution in [-0.4, -0.2) is 25.5 Å². The van der Waals surface area contributed by atoms with Crippen molar-refractivity contribution in [2.75, 3.05) is 13.7 Å². The summed E-state index contributed by atoms with van der Waals surface area (Å²) in [6.45, 7) is 6.05. The summed E-state index contributed by atoms with van der Waals surface area (Å²) in [5, 5.41) is 0.868. The molecule has 2 amide bonds. The van der Waals surface area contributed by atoms with Crippen molar-refractivity contribution in [1.29, 1.82) is 0 Å². The van der Waals surface area contributed by atoms with Crippen LogP contribution >= 0.6 is 0 Å². The smallest absolute Gasteiger partial charge is 0.305 e. The van der Waals surface area contributed by atoms with Crippen molar-refractivity contribution in [1.82, 2.24) is 10.9 Å². The van der Waals surface area contributed by atoms with E-state index in [4.69, 9.17) is 13.9 Å². The maximum atomic E-state index is 12.5. The first-order chi connectivity index (χ1) is 13.5. The number of hydrogen-bond acceptors (Lipinski definition) is 5. The van der Waals surface area contributed by atoms with Crippen molar-refractivity contribution in [2.24, 2.45) is 0 Å². The second kappa shape index (κ2) is 8.04. The number of methoxy groups -OCH3 is 1. The van der Waals surface area contributed by atoms with Crippen LogP contribution in [0.15, 0.2) is 40.8 Å². The number of benzene rings is 2. The summed E-state index contributed by atoms with van der Waals surface area (Å²) in [5.41, 5.74) is 7.41. The van der Waals surface area contributed by atoms with Crippen molar-refractivity contribution in [3.63, 3.8) is 0 Å². The number of nitrogens with one attached hydrogen (secondary N) is 2. The first-order valence-corrected chi connectivity index (χ1v) is 8.86. The van der Waals surface area contributed by atoms with Gasteiger partial charge in [0.25, 0.3) is 5.91 Å². The van der Waals surface area contributed by atoms with Crippen LogP contribution in [0.3, 0.4) is 0 Å². The molecule has 0 atom stereocenters. The molecule has 7 heteroatoms. The quantitative estimate of drug-likeness (QED) is 0.659. The molecule has 0 unspecified atom stereocenters. The van der Waals surface area contributed by atoms with Crippen molar-refractivity contribution < 1.29 is 23.5 Å². The van der Waals surface area contributed by atoms with E-state index in [0.717, 1.165) is 10.9 Å². The molecule has 0 aliphatic heterocycles. The van der Waals surface area contributed by atoms with Crippen LogP contribution in [-0.2, 0) is 0 Å². The van der Waals surface area contributed by atoms with Crippen LogP contribution < -0.4 is 20.3 Å². The molecule has 0 fully saturated rings. The average molecular weight is 382 g/mol. The van der Waals surface area contributed by atoms with Crippen molar-refractivity contribution >= 4 is 22.8 Å². The second-order valence-corrected chi connectivity index (χ2v) is 6.21. The monoisotopic (exact) mass is 382 g/mol. The van der Waals surface area contributed by atoms with Gasteiger partial charge < -0.3 is 13.9 Å². The summed E-state index contributed by atoms with van der Waals surface area (Å²) in [6.07, 6.45) is 0. The molecule has 0 aliphatic rings. The van der Waals surface area contributed by atoms with E-state index >= 15 is 0 Å². The molecule has 0 saturated heterocycles. The van der Waals surface area contributed by atoms with Gasteiger partial charge in [-0.3, -0.25) is 20.4 Å². The highest BCUT2D eigenvalue weighted by Crippen LogP contribution is 2.28. The third kappa shape index (κ3) is 3.64. The lowest BCUT2D eigenvalue weighted by Crippen LogP contribution is -2.41. The number of aryl methyl sites for hydroxylation is 2. The Morgan fingerprint density at radius 3 is 2.46 bits per heavy atom. The molecule has 0 spiro atoms. The molecule has 7 nitrogen and oxygen atoms in total. The van der Waals surface area contributed by atoms with E-state index in [2.05, 4.69) is 10.9 Å². The van der Waals surface area contributed by atoms with Gasteiger partial charge in [0.05, 0.1) is 13.7 Å². The van der Waals surface area contributed by atoms with Crippen LogP contribution in [0, 0.1) is 13.8 Å². The SMILES string of the molecule is CCOc1ccc(C(=O)NNC(=O)c2oc3c(C)cccc3c2C)cc1OC. The molecule has 0 saturated carbocycles. The Hall–Kier alpha value is -3.48. The van der Waals surface area contributed by atoms with Gasteiger partial charge in [-0.25, -0.2) is 0 Å². The lowest BCUT2D eigenvalue weighted by molar-refractivity contribution is 0.0831. The number of carbonyl (C=O) groups is 2. The summed E-state index contributed by atoms with van der Waals surface area (Å²) in [5.74, 6) is 0.121. The number of hydrogen-bond donors (Lipinski definition) is 2. The summed E-state index contributed by atoms with van der Waals surface area (Å²) in [7, 11) is 1.49. The number of rotatable bonds is 5. The van der Waals surface area contributed by atoms with Crippen LogP contribution in [0.2, 0.25) is 0 Å². The van der Waals surface area contributed by atoms with Gasteiger partial charge in [-0.1, -0.05) is 18.2 Å². The van der Waals surface area contributed by atoms with E-state index in [9.17, 15) is 9.59 Å². The maximum Gasteiger partial charge on any atom is 0.305 e. The highest BCUT2D eigenvalue weighted by Gasteiger charge is 2.19. The molecule has 28 heavy (non-hydrogen) atoms. The molecule has 1 heterocycles. The molecular weight excluding hydrogens is 360 g/mol. The molecular formula is C21H22N2O5. The molecule has 0 aliphatic carbocycles. The first-order valence-electron chi connectivity index (χ1n) is 8.86. The van der Waals surface area contributed by atoms with Crippen LogP contribution in [0.4, 0.5) is 0 Å². The number of furan rings is 1. The number of carbonyl (C=O) groups excluding carboxylic acids is 2. The van der Waals surface area contributed by atoms with Gasteiger partial charge in [0.2, 0.25) is 0 Å². The van der Waals surface area contributed by atoms with Crippen LogP contribution in [0.1, 0.15) is 39.0 Å². The van der Waals surface area contributed by atoms with E-state index < -0.39 is 11.8 Å². The molecule has 2 N–H and O–H groups in total. The van der Waals surface area contributed by atoms with Gasteiger partial charge in [0.1, 0.15) is 5.58 Å². The van der Waals surface area contributed by atoms with Crippen LogP contribution in [0.5, 0.6) is 11.5 Å². The largest absolute Gasteiger partial charge is 0.493 e. The number of para-hydroxylation sites is 1. The highest BCUT2D eigenvalue weighted by atomic mass is 16.5. The molecule has 3 rings (SSSR count). The average Bonchev–Trinajstić information content (AvgIpc) is 3.04. The first kappa shape index (κ1) is 19.3. The van der Waals surface area contributed by atoms with Crippen molar-refractivity contribution in [3.05, 3.63) is 58.8 Å². The maximum absolute atomic E-state index is 12.5. The third-order valence-corrected chi connectivity index (χ3v) is 4.38. The summed E-state index contributed by atoms with van der Waals surface area (Å²) < 4.78 is 16.4. The van der Waals surface area contributed by atoms with Gasteiger partial charge >= 0.3 is 5.91 Å². The fraction of sp³-hybridized carbons (Fsp3) is 0.238. The van der Waals surface area contributed by atoms with Crippen LogP contribution in [0.25, 0.3) is 11.0 Å². The van der Waals surface area contributed by atoms with Gasteiger partial charge in [-0.05, 0) is 44.5 Å². The topological polar surface area (TPSA) is 89.8 Å². The molecule has 0 bridgehead atoms. The summed E-state index contributed by atoms with van der Waals surface area (Å²) in [4.78, 5) is 24.9. The fourth-order valence-electron chi connectivity index (χ4n) is 2.93. The van der Waals surface area contributed by atoms with Gasteiger partial charge in [-0.2, -0.15) is 0 Å². The molecule has 3 aromatic rings. The zero-order valence-electron chi connectivity index (χ0n) is 16.2. The van der Waals surface area contributed by atoms with Crippen molar-refractivity contribution in [3.8, 4) is 11.5 Å². The Bertz CT molecular complexity index is 1040. The minimum Gasteiger partial charge on any atom is -0.493 e. The standard InChI is InChI=1S/C21H22N2O5/c1-5-27-16-10-9-14(11-17(16)26-4)20(24)22-23-21(25)19-13(3)15-8-6-7-12(2)18(15)28-19/h6-11H,5H2,1-4H3,(H,22,24)(H,23,25). The number of amides is 2. The Labute approximate surface area is 162 Å². The Kier molecular flexibility index (Phi) is 5.54. The van der Waals surface area contributed by atoms with Crippen molar-refractivity contribution in [2.45, 2.75) is 20.8 Å². The second-order valence-electron chi connectivity index (χ2n) is 6.21. The van der Waals surface area contributed by atoms with E-state index in [1.54, 1.807) is 25.1 Å². The number of hydrazine groups is 1. The van der Waals surface area contributed by atoms with Gasteiger partial charge in [0.15, 0.2) is 17.3 Å². The van der Waals surface area contributed by atoms with E-state index in [1.807, 2.05) is 32.0 Å². The number of ether oxygens (including phenoxy) is 2. The predicted octanol–water partition coefficient (Wildman–Crippen LogP) is 3.53. The van der Waals surface area contributed by atoms with E-state index in [-0.39, 0.29) is 5.76 Å². The van der Waals surface area contributed by atoms with Gasteiger partial charge in [0, 0.05) is 16.5 Å². The Balaban J connectivity index is 1.73. The summed E-state index contributed by atoms with van der Waals surface area (Å²) >= 11 is 0. The minimum atomic E-state index is -0.528. The highest BCUT2D eigenvalue weighted by molar-refractivity contribution is 6.01. The molecule has 0 radical (unpaired) electrons. The van der Waals surface area contributed by atoms with E-state index in [1.165, 1.54) is 7.11 Å². The minimum absolute atomic E-state index is 0.161. The molecule has 1 aromatic heterocycles. The Morgan fingerprint density at radius 2 is 1.79 bits per heavy atom. The fourth-order valence-corrected chi connectivity index (χ4v) is 2.93. The predicted molar refractivity (Wildman–Crippen MR) is 105 cm³/mol. The normalized spacial score (nSPS) is 10.6. The number of fused-ring (bicyclic) bond motifs is 1. The lowest BCUT2D eigenvalue weighted by Gasteiger charge is -2.11. The lowest BCUT2D eigenvalue weighted by atomic mass is 10.1.